The van der Waals surface area contributed by atoms with E-state index >= 15 is 0 Å². The van der Waals surface area contributed by atoms with Crippen LogP contribution in [0.3, 0.4) is 0 Å². The lowest BCUT2D eigenvalue weighted by Gasteiger charge is -2.27. The molecule has 2 heteroatoms. The van der Waals surface area contributed by atoms with Gasteiger partial charge in [-0.05, 0) is 53.6 Å². The average Bonchev–Trinajstić information content (AvgIpc) is 2.76. The zero-order valence-corrected chi connectivity index (χ0v) is 17.4. The first-order valence-corrected chi connectivity index (χ1v) is 10.7. The third-order valence-corrected chi connectivity index (χ3v) is 7.25. The van der Waals surface area contributed by atoms with Gasteiger partial charge in [0.05, 0.1) is 16.5 Å². The first-order valence-electron chi connectivity index (χ1n) is 10.7. The summed E-state index contributed by atoms with van der Waals surface area (Å²) in [6, 6.07) is 17.9. The molecule has 2 aliphatic heterocycles. The quantitative estimate of drug-likeness (QED) is 0.389. The molecule has 0 bridgehead atoms. The van der Waals surface area contributed by atoms with Crippen molar-refractivity contribution in [1.29, 1.82) is 0 Å². The number of rotatable bonds is 0. The Labute approximate surface area is 172 Å². The number of aromatic nitrogens is 2. The highest BCUT2D eigenvalue weighted by molar-refractivity contribution is 5.99. The summed E-state index contributed by atoms with van der Waals surface area (Å²) >= 11 is 0. The molecule has 2 nitrogen and oxygen atoms in total. The minimum Gasteiger partial charge on any atom is -0.197 e. The van der Waals surface area contributed by atoms with Crippen LogP contribution in [0.5, 0.6) is 0 Å². The van der Waals surface area contributed by atoms with E-state index in [9.17, 15) is 0 Å². The minimum atomic E-state index is 1.06. The summed E-state index contributed by atoms with van der Waals surface area (Å²) in [6.07, 6.45) is 4.51. The normalized spacial score (nSPS) is 14.2. The zero-order valence-electron chi connectivity index (χ0n) is 17.4. The summed E-state index contributed by atoms with van der Waals surface area (Å²) < 4.78 is 5.00. The molecule has 0 unspecified atom stereocenters. The molecule has 4 heterocycles. The number of fused-ring (bicyclic) bond motifs is 9. The van der Waals surface area contributed by atoms with Crippen LogP contribution in [0.2, 0.25) is 0 Å². The van der Waals surface area contributed by atoms with E-state index in [-0.39, 0.29) is 0 Å². The standard InChI is InChI=1S/C27H26N2/c1-17-7-6-10-24-25-21(13-16-29(17)24)18(2)19(3)22-12-15-28-14-11-20-8-4-5-9-23(20)27(28)26(22)25/h4-11,14H,12-13,15-16H2,1-3H3/q+2. The second-order valence-electron chi connectivity index (χ2n) is 8.61. The molecular formula is C27H26N2+2. The zero-order chi connectivity index (χ0) is 19.7. The number of pyridine rings is 2. The Morgan fingerprint density at radius 1 is 0.724 bits per heavy atom. The van der Waals surface area contributed by atoms with Crippen molar-refractivity contribution < 1.29 is 9.13 Å². The summed E-state index contributed by atoms with van der Waals surface area (Å²) in [5, 5.41) is 2.69. The Kier molecular flexibility index (Phi) is 3.50. The number of nitrogens with zero attached hydrogens (tertiary/aromatic N) is 2. The average molecular weight is 379 g/mol. The van der Waals surface area contributed by atoms with E-state index in [1.165, 1.54) is 50.1 Å². The van der Waals surface area contributed by atoms with Crippen LogP contribution in [0.25, 0.3) is 33.3 Å². The Morgan fingerprint density at radius 3 is 2.34 bits per heavy atom. The first-order chi connectivity index (χ1) is 14.1. The molecule has 0 spiro atoms. The van der Waals surface area contributed by atoms with E-state index < -0.39 is 0 Å². The van der Waals surface area contributed by atoms with Gasteiger partial charge in [-0.1, -0.05) is 18.2 Å². The van der Waals surface area contributed by atoms with Crippen molar-refractivity contribution in [2.75, 3.05) is 0 Å². The predicted octanol–water partition coefficient (Wildman–Crippen LogP) is 4.79. The molecule has 0 N–H and O–H groups in total. The van der Waals surface area contributed by atoms with Gasteiger partial charge in [0.15, 0.2) is 25.0 Å². The van der Waals surface area contributed by atoms with Crippen molar-refractivity contribution in [1.82, 2.24) is 0 Å². The molecule has 0 saturated heterocycles. The van der Waals surface area contributed by atoms with Gasteiger partial charge in [-0.25, -0.2) is 0 Å². The highest BCUT2D eigenvalue weighted by atomic mass is 15.0. The maximum atomic E-state index is 2.52. The van der Waals surface area contributed by atoms with E-state index in [1.807, 2.05) is 0 Å². The molecule has 6 rings (SSSR count). The Morgan fingerprint density at radius 2 is 1.48 bits per heavy atom. The molecule has 2 aromatic heterocycles. The molecule has 0 atom stereocenters. The first kappa shape index (κ1) is 16.9. The second kappa shape index (κ2) is 6.00. The van der Waals surface area contributed by atoms with Crippen LogP contribution in [0.1, 0.15) is 27.9 Å². The Bertz CT molecular complexity index is 1330. The third kappa shape index (κ3) is 2.23. The number of benzene rings is 2. The molecular weight excluding hydrogens is 352 g/mol. The fourth-order valence-corrected chi connectivity index (χ4v) is 5.64. The summed E-state index contributed by atoms with van der Waals surface area (Å²) in [4.78, 5) is 0. The SMILES string of the molecule is Cc1c(C)c2c(c3c1CC[n+]1ccc4ccccc4c1-3)-c1cccc(C)[n+]1CC2. The van der Waals surface area contributed by atoms with Gasteiger partial charge in [-0.2, -0.15) is 9.13 Å². The predicted molar refractivity (Wildman–Crippen MR) is 117 cm³/mol. The highest BCUT2D eigenvalue weighted by Crippen LogP contribution is 2.44. The number of hydrogen-bond acceptors (Lipinski definition) is 0. The molecule has 0 saturated carbocycles. The van der Waals surface area contributed by atoms with Crippen molar-refractivity contribution in [3.63, 3.8) is 0 Å². The fraction of sp³-hybridized carbons (Fsp3) is 0.259. The van der Waals surface area contributed by atoms with Gasteiger partial charge in [-0.3, -0.25) is 0 Å². The largest absolute Gasteiger partial charge is 0.221 e. The molecule has 0 aliphatic carbocycles. The minimum absolute atomic E-state index is 1.06. The summed E-state index contributed by atoms with van der Waals surface area (Å²) in [7, 11) is 0. The molecule has 29 heavy (non-hydrogen) atoms. The van der Waals surface area contributed by atoms with Crippen LogP contribution in [-0.4, -0.2) is 0 Å². The fourth-order valence-electron chi connectivity index (χ4n) is 5.64. The topological polar surface area (TPSA) is 7.76 Å². The van der Waals surface area contributed by atoms with Crippen LogP contribution in [0, 0.1) is 20.8 Å². The van der Waals surface area contributed by atoms with Crippen LogP contribution >= 0.6 is 0 Å². The summed E-state index contributed by atoms with van der Waals surface area (Å²) in [5.74, 6) is 0. The van der Waals surface area contributed by atoms with Gasteiger partial charge in [0.2, 0.25) is 11.4 Å². The maximum absolute atomic E-state index is 2.52. The molecule has 0 fully saturated rings. The molecule has 4 aromatic rings. The van der Waals surface area contributed by atoms with Gasteiger partial charge in [-0.15, -0.1) is 0 Å². The lowest BCUT2D eigenvalue weighted by Crippen LogP contribution is -2.45. The van der Waals surface area contributed by atoms with Crippen LogP contribution in [0.4, 0.5) is 0 Å². The van der Waals surface area contributed by atoms with Crippen molar-refractivity contribution in [2.24, 2.45) is 0 Å². The van der Waals surface area contributed by atoms with Crippen molar-refractivity contribution in [2.45, 2.75) is 46.7 Å². The second-order valence-corrected chi connectivity index (χ2v) is 8.61. The lowest BCUT2D eigenvalue weighted by molar-refractivity contribution is -0.694. The van der Waals surface area contributed by atoms with Crippen molar-refractivity contribution in [3.8, 4) is 22.5 Å². The van der Waals surface area contributed by atoms with E-state index in [1.54, 1.807) is 11.1 Å². The molecule has 142 valence electrons. The Hall–Kier alpha value is -3.00. The van der Waals surface area contributed by atoms with Crippen molar-refractivity contribution in [3.05, 3.63) is 82.7 Å². The molecule has 2 aromatic carbocycles. The van der Waals surface area contributed by atoms with Gasteiger partial charge in [0.1, 0.15) is 0 Å². The van der Waals surface area contributed by atoms with Crippen LogP contribution in [-0.2, 0) is 25.9 Å². The van der Waals surface area contributed by atoms with Gasteiger partial charge < -0.3 is 0 Å². The van der Waals surface area contributed by atoms with E-state index in [0.717, 1.165) is 25.9 Å². The Balaban J connectivity index is 1.82. The van der Waals surface area contributed by atoms with Crippen LogP contribution < -0.4 is 9.13 Å². The highest BCUT2D eigenvalue weighted by Gasteiger charge is 2.37. The van der Waals surface area contributed by atoms with Crippen LogP contribution in [0.15, 0.2) is 54.7 Å². The van der Waals surface area contributed by atoms with E-state index in [2.05, 4.69) is 84.6 Å². The van der Waals surface area contributed by atoms with Gasteiger partial charge in [0, 0.05) is 38.0 Å². The molecule has 0 amide bonds. The third-order valence-electron chi connectivity index (χ3n) is 7.25. The summed E-state index contributed by atoms with van der Waals surface area (Å²) in [6.45, 7) is 9.05. The molecule has 2 aliphatic rings. The van der Waals surface area contributed by atoms with E-state index in [4.69, 9.17) is 0 Å². The maximum Gasteiger partial charge on any atom is 0.221 e. The van der Waals surface area contributed by atoms with Gasteiger partial charge in [0.25, 0.3) is 0 Å². The van der Waals surface area contributed by atoms with E-state index in [0.29, 0.717) is 0 Å². The smallest absolute Gasteiger partial charge is 0.197 e. The van der Waals surface area contributed by atoms with Crippen molar-refractivity contribution >= 4 is 10.8 Å². The lowest BCUT2D eigenvalue weighted by atomic mass is 9.79. The number of hydrogen-bond donors (Lipinski definition) is 0. The summed E-state index contributed by atoms with van der Waals surface area (Å²) in [5.41, 5.74) is 13.2. The van der Waals surface area contributed by atoms with Gasteiger partial charge >= 0.3 is 0 Å². The number of aryl methyl sites for hydroxylation is 2. The molecule has 0 radical (unpaired) electrons. The monoisotopic (exact) mass is 378 g/mol.